The standard InChI is InChI=1S/C11H12BrNO2/c1-13-7-10(15-11(13)14)6-8-3-2-4-9(12)5-8/h2-5,10H,6-7H2,1H3. The SMILES string of the molecule is CN1CC(Cc2cccc(Br)c2)OC1=O. The molecule has 3 nitrogen and oxygen atoms in total. The van der Waals surface area contributed by atoms with Crippen LogP contribution in [0, 0.1) is 0 Å². The Morgan fingerprint density at radius 3 is 3.00 bits per heavy atom. The summed E-state index contributed by atoms with van der Waals surface area (Å²) in [6.07, 6.45) is 0.530. The second kappa shape index (κ2) is 4.23. The van der Waals surface area contributed by atoms with Crippen LogP contribution in [0.2, 0.25) is 0 Å². The second-order valence-corrected chi connectivity index (χ2v) is 4.64. The normalized spacial score (nSPS) is 20.5. The molecule has 0 bridgehead atoms. The molecule has 1 amide bonds. The predicted molar refractivity (Wildman–Crippen MR) is 60.7 cm³/mol. The van der Waals surface area contributed by atoms with Crippen LogP contribution < -0.4 is 0 Å². The Morgan fingerprint density at radius 2 is 2.40 bits per heavy atom. The van der Waals surface area contributed by atoms with Gasteiger partial charge in [0.15, 0.2) is 0 Å². The summed E-state index contributed by atoms with van der Waals surface area (Å²) in [5.41, 5.74) is 1.18. The number of hydrogen-bond acceptors (Lipinski definition) is 2. The molecule has 0 N–H and O–H groups in total. The molecule has 0 saturated carbocycles. The Labute approximate surface area is 97.2 Å². The molecule has 1 atom stereocenters. The second-order valence-electron chi connectivity index (χ2n) is 3.72. The van der Waals surface area contributed by atoms with Gasteiger partial charge in [0.05, 0.1) is 6.54 Å². The lowest BCUT2D eigenvalue weighted by molar-refractivity contribution is 0.134. The summed E-state index contributed by atoms with van der Waals surface area (Å²) in [6.45, 7) is 0.672. The third kappa shape index (κ3) is 2.50. The third-order valence-electron chi connectivity index (χ3n) is 2.41. The first-order valence-corrected chi connectivity index (χ1v) is 5.60. The summed E-state index contributed by atoms with van der Waals surface area (Å²) in [7, 11) is 1.75. The van der Waals surface area contributed by atoms with Crippen molar-refractivity contribution in [3.8, 4) is 0 Å². The Morgan fingerprint density at radius 1 is 1.60 bits per heavy atom. The van der Waals surface area contributed by atoms with Crippen LogP contribution in [0.5, 0.6) is 0 Å². The molecule has 80 valence electrons. The fraction of sp³-hybridized carbons (Fsp3) is 0.364. The predicted octanol–water partition coefficient (Wildman–Crippen LogP) is 2.44. The van der Waals surface area contributed by atoms with Crippen LogP contribution in [0.15, 0.2) is 28.7 Å². The van der Waals surface area contributed by atoms with Gasteiger partial charge in [-0.15, -0.1) is 0 Å². The summed E-state index contributed by atoms with van der Waals surface area (Å²) in [5, 5.41) is 0. The first-order valence-electron chi connectivity index (χ1n) is 4.81. The Kier molecular flexibility index (Phi) is 2.95. The largest absolute Gasteiger partial charge is 0.444 e. The molecule has 1 aliphatic heterocycles. The molecule has 0 aliphatic carbocycles. The van der Waals surface area contributed by atoms with Crippen molar-refractivity contribution in [3.63, 3.8) is 0 Å². The fourth-order valence-electron chi connectivity index (χ4n) is 1.68. The van der Waals surface area contributed by atoms with E-state index in [0.717, 1.165) is 10.9 Å². The maximum absolute atomic E-state index is 11.1. The number of rotatable bonds is 2. The van der Waals surface area contributed by atoms with Crippen LogP contribution in [0.4, 0.5) is 4.79 Å². The molecule has 1 aromatic rings. The van der Waals surface area contributed by atoms with Crippen molar-refractivity contribution in [2.45, 2.75) is 12.5 Å². The first kappa shape index (κ1) is 10.5. The van der Waals surface area contributed by atoms with Crippen molar-refractivity contribution in [2.75, 3.05) is 13.6 Å². The Hall–Kier alpha value is -1.03. The number of nitrogens with zero attached hydrogens (tertiary/aromatic N) is 1. The smallest absolute Gasteiger partial charge is 0.409 e. The average molecular weight is 270 g/mol. The fourth-order valence-corrected chi connectivity index (χ4v) is 2.13. The highest BCUT2D eigenvalue weighted by molar-refractivity contribution is 9.10. The first-order chi connectivity index (χ1) is 7.15. The lowest BCUT2D eigenvalue weighted by Crippen LogP contribution is -2.20. The van der Waals surface area contributed by atoms with E-state index in [1.807, 2.05) is 24.3 Å². The highest BCUT2D eigenvalue weighted by Crippen LogP contribution is 2.17. The van der Waals surface area contributed by atoms with Crippen LogP contribution in [0.1, 0.15) is 5.56 Å². The maximum Gasteiger partial charge on any atom is 0.409 e. The van der Waals surface area contributed by atoms with E-state index in [0.29, 0.717) is 6.54 Å². The molecule has 0 radical (unpaired) electrons. The lowest BCUT2D eigenvalue weighted by atomic mass is 10.1. The highest BCUT2D eigenvalue weighted by atomic mass is 79.9. The van der Waals surface area contributed by atoms with Gasteiger partial charge in [-0.2, -0.15) is 0 Å². The number of carbonyl (C=O) groups is 1. The van der Waals surface area contributed by atoms with E-state index in [1.54, 1.807) is 11.9 Å². The van der Waals surface area contributed by atoms with Gasteiger partial charge in [0.1, 0.15) is 6.10 Å². The van der Waals surface area contributed by atoms with E-state index in [4.69, 9.17) is 4.74 Å². The van der Waals surface area contributed by atoms with E-state index in [9.17, 15) is 4.79 Å². The maximum atomic E-state index is 11.1. The van der Waals surface area contributed by atoms with Gasteiger partial charge in [0.2, 0.25) is 0 Å². The zero-order valence-corrected chi connectivity index (χ0v) is 10.0. The number of carbonyl (C=O) groups excluding carboxylic acids is 1. The van der Waals surface area contributed by atoms with Gasteiger partial charge < -0.3 is 9.64 Å². The van der Waals surface area contributed by atoms with Gasteiger partial charge in [-0.3, -0.25) is 0 Å². The number of halogens is 1. The van der Waals surface area contributed by atoms with E-state index >= 15 is 0 Å². The number of amides is 1. The van der Waals surface area contributed by atoms with E-state index in [2.05, 4.69) is 15.9 Å². The van der Waals surface area contributed by atoms with Crippen molar-refractivity contribution in [2.24, 2.45) is 0 Å². The molecule has 4 heteroatoms. The summed E-state index contributed by atoms with van der Waals surface area (Å²) in [6, 6.07) is 8.05. The molecule has 1 fully saturated rings. The van der Waals surface area contributed by atoms with E-state index in [1.165, 1.54) is 5.56 Å². The number of benzene rings is 1. The molecule has 0 aromatic heterocycles. The van der Waals surface area contributed by atoms with Gasteiger partial charge in [-0.1, -0.05) is 28.1 Å². The molecule has 1 aliphatic rings. The Bertz CT molecular complexity index is 381. The van der Waals surface area contributed by atoms with Crippen LogP contribution in [-0.2, 0) is 11.2 Å². The Balaban J connectivity index is 2.01. The minimum absolute atomic E-state index is 0.0169. The van der Waals surface area contributed by atoms with Crippen molar-refractivity contribution in [1.29, 1.82) is 0 Å². The molecule has 1 heterocycles. The number of cyclic esters (lactones) is 1. The summed E-state index contributed by atoms with van der Waals surface area (Å²) in [4.78, 5) is 12.7. The summed E-state index contributed by atoms with van der Waals surface area (Å²) in [5.74, 6) is 0. The minimum atomic E-state index is -0.227. The number of ether oxygens (including phenoxy) is 1. The molecular formula is C11H12BrNO2. The average Bonchev–Trinajstić information content (AvgIpc) is 2.45. The molecule has 1 saturated heterocycles. The van der Waals surface area contributed by atoms with Gasteiger partial charge >= 0.3 is 6.09 Å². The van der Waals surface area contributed by atoms with Crippen molar-refractivity contribution < 1.29 is 9.53 Å². The monoisotopic (exact) mass is 269 g/mol. The van der Waals surface area contributed by atoms with Crippen molar-refractivity contribution in [3.05, 3.63) is 34.3 Å². The lowest BCUT2D eigenvalue weighted by Gasteiger charge is -2.07. The van der Waals surface area contributed by atoms with Gasteiger partial charge in [-0.05, 0) is 17.7 Å². The molecular weight excluding hydrogens is 258 g/mol. The zero-order valence-electron chi connectivity index (χ0n) is 8.44. The molecule has 15 heavy (non-hydrogen) atoms. The minimum Gasteiger partial charge on any atom is -0.444 e. The van der Waals surface area contributed by atoms with Crippen LogP contribution in [-0.4, -0.2) is 30.7 Å². The summed E-state index contributed by atoms with van der Waals surface area (Å²) < 4.78 is 6.24. The summed E-state index contributed by atoms with van der Waals surface area (Å²) >= 11 is 3.42. The molecule has 2 rings (SSSR count). The van der Waals surface area contributed by atoms with Gasteiger partial charge in [0, 0.05) is 17.9 Å². The van der Waals surface area contributed by atoms with Crippen LogP contribution in [0.3, 0.4) is 0 Å². The topological polar surface area (TPSA) is 29.5 Å². The van der Waals surface area contributed by atoms with E-state index in [-0.39, 0.29) is 12.2 Å². The third-order valence-corrected chi connectivity index (χ3v) is 2.90. The number of hydrogen-bond donors (Lipinski definition) is 0. The van der Waals surface area contributed by atoms with Crippen molar-refractivity contribution >= 4 is 22.0 Å². The molecule has 1 unspecified atom stereocenters. The van der Waals surface area contributed by atoms with E-state index < -0.39 is 0 Å². The zero-order chi connectivity index (χ0) is 10.8. The van der Waals surface area contributed by atoms with Crippen LogP contribution >= 0.6 is 15.9 Å². The van der Waals surface area contributed by atoms with Crippen LogP contribution in [0.25, 0.3) is 0 Å². The van der Waals surface area contributed by atoms with Crippen molar-refractivity contribution in [1.82, 2.24) is 4.90 Å². The van der Waals surface area contributed by atoms with Gasteiger partial charge in [-0.25, -0.2) is 4.79 Å². The van der Waals surface area contributed by atoms with Gasteiger partial charge in [0.25, 0.3) is 0 Å². The number of likely N-dealkylation sites (N-methyl/N-ethyl adjacent to an activating group) is 1. The molecule has 1 aromatic carbocycles. The quantitative estimate of drug-likeness (QED) is 0.826. The highest BCUT2D eigenvalue weighted by Gasteiger charge is 2.27. The molecule has 0 spiro atoms.